The van der Waals surface area contributed by atoms with E-state index in [-0.39, 0.29) is 0 Å². The number of hydrogen-bond acceptors (Lipinski definition) is 4. The molecule has 0 atom stereocenters. The standard InChI is InChI=1S/C14H12N2OS/c1-9-16-12-5-3-10(7-13(12)18-9)11-4-6-14(17-2)15-8-11/h3-8H,1-2H3. The van der Waals surface area contributed by atoms with Gasteiger partial charge in [-0.15, -0.1) is 11.3 Å². The normalized spacial score (nSPS) is 10.8. The van der Waals surface area contributed by atoms with Gasteiger partial charge in [-0.3, -0.25) is 0 Å². The van der Waals surface area contributed by atoms with Crippen LogP contribution in [0.25, 0.3) is 21.3 Å². The number of nitrogens with zero attached hydrogens (tertiary/aromatic N) is 2. The van der Waals surface area contributed by atoms with E-state index in [1.807, 2.05) is 25.3 Å². The molecule has 0 fully saturated rings. The molecule has 0 bridgehead atoms. The van der Waals surface area contributed by atoms with E-state index in [9.17, 15) is 0 Å². The van der Waals surface area contributed by atoms with E-state index in [4.69, 9.17) is 4.74 Å². The smallest absolute Gasteiger partial charge is 0.212 e. The number of pyridine rings is 1. The molecular formula is C14H12N2OS. The van der Waals surface area contributed by atoms with Gasteiger partial charge >= 0.3 is 0 Å². The highest BCUT2D eigenvalue weighted by atomic mass is 32.1. The van der Waals surface area contributed by atoms with Crippen molar-refractivity contribution in [3.05, 3.63) is 41.5 Å². The van der Waals surface area contributed by atoms with Gasteiger partial charge in [-0.2, -0.15) is 0 Å². The molecule has 0 N–H and O–H groups in total. The van der Waals surface area contributed by atoms with Gasteiger partial charge in [-0.25, -0.2) is 9.97 Å². The van der Waals surface area contributed by atoms with Crippen LogP contribution in [0, 0.1) is 6.92 Å². The number of rotatable bonds is 2. The van der Waals surface area contributed by atoms with Crippen LogP contribution >= 0.6 is 11.3 Å². The van der Waals surface area contributed by atoms with E-state index in [0.717, 1.165) is 21.7 Å². The Morgan fingerprint density at radius 1 is 1.11 bits per heavy atom. The molecule has 0 aliphatic carbocycles. The summed E-state index contributed by atoms with van der Waals surface area (Å²) in [6.45, 7) is 2.03. The summed E-state index contributed by atoms with van der Waals surface area (Å²) in [5, 5.41) is 1.09. The molecule has 18 heavy (non-hydrogen) atoms. The first-order chi connectivity index (χ1) is 8.76. The number of ether oxygens (including phenoxy) is 1. The largest absolute Gasteiger partial charge is 0.481 e. The number of hydrogen-bond donors (Lipinski definition) is 0. The topological polar surface area (TPSA) is 35.0 Å². The summed E-state index contributed by atoms with van der Waals surface area (Å²) in [7, 11) is 1.62. The molecule has 2 aromatic heterocycles. The molecule has 0 amide bonds. The lowest BCUT2D eigenvalue weighted by atomic mass is 10.1. The van der Waals surface area contributed by atoms with Gasteiger partial charge in [-0.05, 0) is 30.7 Å². The van der Waals surface area contributed by atoms with Crippen LogP contribution in [0.15, 0.2) is 36.5 Å². The number of aromatic nitrogens is 2. The van der Waals surface area contributed by atoms with Crippen LogP contribution in [0.1, 0.15) is 5.01 Å². The summed E-state index contributed by atoms with van der Waals surface area (Å²) >= 11 is 1.71. The predicted octanol–water partition coefficient (Wildman–Crippen LogP) is 3.68. The summed E-state index contributed by atoms with van der Waals surface area (Å²) in [6.07, 6.45) is 1.83. The zero-order chi connectivity index (χ0) is 12.5. The summed E-state index contributed by atoms with van der Waals surface area (Å²) < 4.78 is 6.27. The van der Waals surface area contributed by atoms with Crippen molar-refractivity contribution in [2.75, 3.05) is 7.11 Å². The Hall–Kier alpha value is -1.94. The lowest BCUT2D eigenvalue weighted by Gasteiger charge is -2.02. The maximum Gasteiger partial charge on any atom is 0.212 e. The van der Waals surface area contributed by atoms with Gasteiger partial charge in [0.2, 0.25) is 5.88 Å². The second kappa shape index (κ2) is 4.38. The molecule has 0 aliphatic rings. The molecule has 2 heterocycles. The van der Waals surface area contributed by atoms with Gasteiger partial charge < -0.3 is 4.74 Å². The summed E-state index contributed by atoms with van der Waals surface area (Å²) in [5.41, 5.74) is 3.30. The fourth-order valence-corrected chi connectivity index (χ4v) is 2.76. The molecule has 3 aromatic rings. The van der Waals surface area contributed by atoms with Gasteiger partial charge in [0, 0.05) is 17.8 Å². The van der Waals surface area contributed by atoms with Crippen LogP contribution in [0.5, 0.6) is 5.88 Å². The highest BCUT2D eigenvalue weighted by Crippen LogP contribution is 2.28. The lowest BCUT2D eigenvalue weighted by molar-refractivity contribution is 0.398. The van der Waals surface area contributed by atoms with Crippen LogP contribution in [0.4, 0.5) is 0 Å². The maximum atomic E-state index is 5.06. The third kappa shape index (κ3) is 1.95. The SMILES string of the molecule is COc1ccc(-c2ccc3nc(C)sc3c2)cn1. The van der Waals surface area contributed by atoms with Crippen molar-refractivity contribution in [3.8, 4) is 17.0 Å². The van der Waals surface area contributed by atoms with E-state index in [1.165, 1.54) is 4.70 Å². The molecule has 0 saturated heterocycles. The second-order valence-electron chi connectivity index (χ2n) is 4.00. The first kappa shape index (κ1) is 11.2. The van der Waals surface area contributed by atoms with Crippen molar-refractivity contribution in [1.82, 2.24) is 9.97 Å². The molecule has 0 saturated carbocycles. The Bertz CT molecular complexity index is 689. The van der Waals surface area contributed by atoms with Gasteiger partial charge in [0.1, 0.15) is 0 Å². The van der Waals surface area contributed by atoms with Gasteiger partial charge in [0.05, 0.1) is 22.3 Å². The lowest BCUT2D eigenvalue weighted by Crippen LogP contribution is -1.87. The van der Waals surface area contributed by atoms with Gasteiger partial charge in [0.15, 0.2) is 0 Å². The highest BCUT2D eigenvalue weighted by molar-refractivity contribution is 7.18. The Kier molecular flexibility index (Phi) is 2.72. The van der Waals surface area contributed by atoms with Crippen LogP contribution in [0.2, 0.25) is 0 Å². The second-order valence-corrected chi connectivity index (χ2v) is 5.24. The minimum atomic E-state index is 0.633. The van der Waals surface area contributed by atoms with Crippen molar-refractivity contribution in [3.63, 3.8) is 0 Å². The third-order valence-electron chi connectivity index (χ3n) is 2.77. The Labute approximate surface area is 109 Å². The molecule has 0 spiro atoms. The van der Waals surface area contributed by atoms with Crippen LogP contribution in [-0.4, -0.2) is 17.1 Å². The maximum absolute atomic E-state index is 5.06. The number of aryl methyl sites for hydroxylation is 1. The minimum Gasteiger partial charge on any atom is -0.481 e. The first-order valence-electron chi connectivity index (χ1n) is 5.64. The zero-order valence-corrected chi connectivity index (χ0v) is 11.0. The van der Waals surface area contributed by atoms with Crippen molar-refractivity contribution < 1.29 is 4.74 Å². The monoisotopic (exact) mass is 256 g/mol. The van der Waals surface area contributed by atoms with Gasteiger partial charge in [0.25, 0.3) is 0 Å². The van der Waals surface area contributed by atoms with E-state index in [1.54, 1.807) is 18.4 Å². The molecule has 0 radical (unpaired) electrons. The fourth-order valence-electron chi connectivity index (χ4n) is 1.89. The molecule has 3 nitrogen and oxygen atoms in total. The summed E-state index contributed by atoms with van der Waals surface area (Å²) in [5.74, 6) is 0.633. The van der Waals surface area contributed by atoms with Gasteiger partial charge in [-0.1, -0.05) is 6.07 Å². The predicted molar refractivity (Wildman–Crippen MR) is 74.1 cm³/mol. The summed E-state index contributed by atoms with van der Waals surface area (Å²) in [6, 6.07) is 10.2. The molecule has 90 valence electrons. The Balaban J connectivity index is 2.06. The fraction of sp³-hybridized carbons (Fsp3) is 0.143. The van der Waals surface area contributed by atoms with E-state index in [0.29, 0.717) is 5.88 Å². The Morgan fingerprint density at radius 3 is 2.67 bits per heavy atom. The third-order valence-corrected chi connectivity index (χ3v) is 3.71. The van der Waals surface area contributed by atoms with Crippen molar-refractivity contribution in [2.45, 2.75) is 6.92 Å². The molecule has 4 heteroatoms. The molecule has 1 aromatic carbocycles. The molecule has 0 unspecified atom stereocenters. The quantitative estimate of drug-likeness (QED) is 0.701. The number of fused-ring (bicyclic) bond motifs is 1. The van der Waals surface area contributed by atoms with E-state index >= 15 is 0 Å². The molecule has 0 aliphatic heterocycles. The van der Waals surface area contributed by atoms with Crippen LogP contribution < -0.4 is 4.74 Å². The van der Waals surface area contributed by atoms with Crippen LogP contribution in [-0.2, 0) is 0 Å². The van der Waals surface area contributed by atoms with Crippen LogP contribution in [0.3, 0.4) is 0 Å². The van der Waals surface area contributed by atoms with E-state index < -0.39 is 0 Å². The van der Waals surface area contributed by atoms with E-state index in [2.05, 4.69) is 28.2 Å². The number of thiazole rings is 1. The van der Waals surface area contributed by atoms with Crippen molar-refractivity contribution >= 4 is 21.6 Å². The average molecular weight is 256 g/mol. The summed E-state index contributed by atoms with van der Waals surface area (Å²) in [4.78, 5) is 8.68. The molecule has 3 rings (SSSR count). The first-order valence-corrected chi connectivity index (χ1v) is 6.45. The Morgan fingerprint density at radius 2 is 1.94 bits per heavy atom. The minimum absolute atomic E-state index is 0.633. The zero-order valence-electron chi connectivity index (χ0n) is 10.2. The average Bonchev–Trinajstić information content (AvgIpc) is 2.78. The van der Waals surface area contributed by atoms with Crippen molar-refractivity contribution in [2.24, 2.45) is 0 Å². The number of methoxy groups -OCH3 is 1. The highest BCUT2D eigenvalue weighted by Gasteiger charge is 2.04. The van der Waals surface area contributed by atoms with Crippen molar-refractivity contribution in [1.29, 1.82) is 0 Å². The number of benzene rings is 1. The molecular weight excluding hydrogens is 244 g/mol.